The maximum atomic E-state index is 5.76. The van der Waals surface area contributed by atoms with Crippen LogP contribution in [-0.4, -0.2) is 16.5 Å². The molecule has 20 heavy (non-hydrogen) atoms. The Morgan fingerprint density at radius 2 is 2.10 bits per heavy atom. The summed E-state index contributed by atoms with van der Waals surface area (Å²) in [5.41, 5.74) is 11.0. The smallest absolute Gasteiger partial charge is 0.201 e. The summed E-state index contributed by atoms with van der Waals surface area (Å²) in [6.45, 7) is 2.96. The van der Waals surface area contributed by atoms with Gasteiger partial charge in [0, 0.05) is 12.2 Å². The van der Waals surface area contributed by atoms with E-state index in [1.54, 1.807) is 0 Å². The lowest BCUT2D eigenvalue weighted by Crippen LogP contribution is -2.06. The predicted octanol–water partition coefficient (Wildman–Crippen LogP) is 3.11. The number of imidazole rings is 1. The van der Waals surface area contributed by atoms with E-state index in [1.165, 1.54) is 11.1 Å². The van der Waals surface area contributed by atoms with Crippen molar-refractivity contribution >= 4 is 22.7 Å². The zero-order valence-electron chi connectivity index (χ0n) is 11.5. The first kappa shape index (κ1) is 12.5. The van der Waals surface area contributed by atoms with E-state index < -0.39 is 0 Å². The Balaban J connectivity index is 1.65. The van der Waals surface area contributed by atoms with Crippen molar-refractivity contribution in [3.63, 3.8) is 0 Å². The normalized spacial score (nSPS) is 10.8. The minimum absolute atomic E-state index is 0.743. The molecule has 4 heteroatoms. The van der Waals surface area contributed by atoms with Crippen LogP contribution < -0.4 is 11.1 Å². The van der Waals surface area contributed by atoms with Gasteiger partial charge in [-0.3, -0.25) is 0 Å². The van der Waals surface area contributed by atoms with Crippen molar-refractivity contribution in [2.45, 2.75) is 13.3 Å². The van der Waals surface area contributed by atoms with E-state index in [0.29, 0.717) is 0 Å². The summed E-state index contributed by atoms with van der Waals surface area (Å²) in [6, 6.07) is 14.2. The number of nitrogens with one attached hydrogen (secondary N) is 2. The van der Waals surface area contributed by atoms with Crippen molar-refractivity contribution in [1.82, 2.24) is 9.97 Å². The molecule has 1 heterocycles. The molecule has 0 atom stereocenters. The highest BCUT2D eigenvalue weighted by Crippen LogP contribution is 2.17. The lowest BCUT2D eigenvalue weighted by molar-refractivity contribution is 0.997. The minimum atomic E-state index is 0.743. The van der Waals surface area contributed by atoms with Crippen molar-refractivity contribution in [2.75, 3.05) is 17.6 Å². The van der Waals surface area contributed by atoms with Gasteiger partial charge in [0.15, 0.2) is 0 Å². The molecule has 0 aliphatic heterocycles. The largest absolute Gasteiger partial charge is 0.399 e. The molecule has 0 aliphatic carbocycles. The molecule has 0 fully saturated rings. The molecule has 0 radical (unpaired) electrons. The third-order valence-electron chi connectivity index (χ3n) is 3.29. The molecule has 1 aromatic heterocycles. The van der Waals surface area contributed by atoms with Gasteiger partial charge in [0.1, 0.15) is 0 Å². The fraction of sp³-hybridized carbons (Fsp3) is 0.188. The molecule has 3 aromatic rings. The number of rotatable bonds is 4. The highest BCUT2D eigenvalue weighted by atomic mass is 15.1. The summed E-state index contributed by atoms with van der Waals surface area (Å²) in [6.07, 6.45) is 0.973. The molecule has 0 saturated carbocycles. The molecule has 0 unspecified atom stereocenters. The van der Waals surface area contributed by atoms with Crippen LogP contribution in [0.3, 0.4) is 0 Å². The number of nitrogens with two attached hydrogens (primary N) is 1. The average molecular weight is 266 g/mol. The third-order valence-corrected chi connectivity index (χ3v) is 3.29. The molecule has 0 aliphatic rings. The number of anilines is 2. The number of fused-ring (bicyclic) bond motifs is 1. The van der Waals surface area contributed by atoms with Crippen LogP contribution in [0.2, 0.25) is 0 Å². The number of hydrogen-bond acceptors (Lipinski definition) is 3. The van der Waals surface area contributed by atoms with Crippen LogP contribution in [0.5, 0.6) is 0 Å². The zero-order valence-corrected chi connectivity index (χ0v) is 11.5. The van der Waals surface area contributed by atoms with Gasteiger partial charge in [0.05, 0.1) is 11.0 Å². The third kappa shape index (κ3) is 2.74. The minimum Gasteiger partial charge on any atom is -0.399 e. The van der Waals surface area contributed by atoms with E-state index in [1.807, 2.05) is 18.2 Å². The molecule has 0 saturated heterocycles. The number of aromatic nitrogens is 2. The summed E-state index contributed by atoms with van der Waals surface area (Å²) in [5, 5.41) is 3.31. The van der Waals surface area contributed by atoms with Crippen LogP contribution >= 0.6 is 0 Å². The number of aromatic amines is 1. The van der Waals surface area contributed by atoms with Gasteiger partial charge < -0.3 is 16.0 Å². The van der Waals surface area contributed by atoms with E-state index in [0.717, 1.165) is 35.6 Å². The van der Waals surface area contributed by atoms with Crippen molar-refractivity contribution < 1.29 is 0 Å². The number of hydrogen-bond donors (Lipinski definition) is 3. The summed E-state index contributed by atoms with van der Waals surface area (Å²) in [5.74, 6) is 0.790. The van der Waals surface area contributed by atoms with Gasteiger partial charge in [-0.05, 0) is 37.1 Å². The van der Waals surface area contributed by atoms with Crippen molar-refractivity contribution in [1.29, 1.82) is 0 Å². The van der Waals surface area contributed by atoms with Crippen LogP contribution in [-0.2, 0) is 6.42 Å². The first-order valence-corrected chi connectivity index (χ1v) is 6.75. The quantitative estimate of drug-likeness (QED) is 0.636. The number of nitrogens with zero attached hydrogens (tertiary/aromatic N) is 1. The van der Waals surface area contributed by atoms with Crippen LogP contribution in [0.15, 0.2) is 42.5 Å². The van der Waals surface area contributed by atoms with Crippen molar-refractivity contribution in [3.05, 3.63) is 53.6 Å². The summed E-state index contributed by atoms with van der Waals surface area (Å²) in [7, 11) is 0. The molecule has 4 N–H and O–H groups in total. The SMILES string of the molecule is Cc1cccc(CCNc2nc3ccc(N)cc3[nH]2)c1. The van der Waals surface area contributed by atoms with E-state index in [-0.39, 0.29) is 0 Å². The van der Waals surface area contributed by atoms with Gasteiger partial charge in [-0.2, -0.15) is 0 Å². The Morgan fingerprint density at radius 3 is 2.95 bits per heavy atom. The molecule has 102 valence electrons. The standard InChI is InChI=1S/C16H18N4/c1-11-3-2-4-12(9-11)7-8-18-16-19-14-6-5-13(17)10-15(14)20-16/h2-6,9-10H,7-8,17H2,1H3,(H2,18,19,20). The number of aryl methyl sites for hydroxylation is 1. The van der Waals surface area contributed by atoms with E-state index in [9.17, 15) is 0 Å². The van der Waals surface area contributed by atoms with Crippen molar-refractivity contribution in [3.8, 4) is 0 Å². The second kappa shape index (κ2) is 5.25. The fourth-order valence-electron chi connectivity index (χ4n) is 2.30. The topological polar surface area (TPSA) is 66.7 Å². The van der Waals surface area contributed by atoms with E-state index >= 15 is 0 Å². The molecular weight excluding hydrogens is 248 g/mol. The molecule has 4 nitrogen and oxygen atoms in total. The van der Waals surface area contributed by atoms with Crippen molar-refractivity contribution in [2.24, 2.45) is 0 Å². The molecular formula is C16H18N4. The van der Waals surface area contributed by atoms with Crippen LogP contribution in [0, 0.1) is 6.92 Å². The fourth-order valence-corrected chi connectivity index (χ4v) is 2.30. The average Bonchev–Trinajstić information content (AvgIpc) is 2.80. The van der Waals surface area contributed by atoms with Crippen LogP contribution in [0.1, 0.15) is 11.1 Å². The molecule has 0 spiro atoms. The molecule has 0 bridgehead atoms. The van der Waals surface area contributed by atoms with Gasteiger partial charge in [-0.25, -0.2) is 4.98 Å². The number of benzene rings is 2. The molecule has 3 rings (SSSR count). The second-order valence-corrected chi connectivity index (χ2v) is 5.03. The van der Waals surface area contributed by atoms with Gasteiger partial charge in [0.2, 0.25) is 5.95 Å². The Morgan fingerprint density at radius 1 is 1.20 bits per heavy atom. The summed E-state index contributed by atoms with van der Waals surface area (Å²) >= 11 is 0. The predicted molar refractivity (Wildman–Crippen MR) is 83.9 cm³/mol. The van der Waals surface area contributed by atoms with Gasteiger partial charge in [-0.15, -0.1) is 0 Å². The Labute approximate surface area is 118 Å². The molecule has 2 aromatic carbocycles. The molecule has 0 amide bonds. The lowest BCUT2D eigenvalue weighted by atomic mass is 10.1. The maximum Gasteiger partial charge on any atom is 0.201 e. The zero-order chi connectivity index (χ0) is 13.9. The van der Waals surface area contributed by atoms with E-state index in [2.05, 4.69) is 46.5 Å². The highest BCUT2D eigenvalue weighted by Gasteiger charge is 2.02. The number of H-pyrrole nitrogens is 1. The van der Waals surface area contributed by atoms with Crippen LogP contribution in [0.25, 0.3) is 11.0 Å². The highest BCUT2D eigenvalue weighted by molar-refractivity contribution is 5.80. The second-order valence-electron chi connectivity index (χ2n) is 5.03. The Kier molecular flexibility index (Phi) is 3.29. The lowest BCUT2D eigenvalue weighted by Gasteiger charge is -2.04. The summed E-state index contributed by atoms with van der Waals surface area (Å²) < 4.78 is 0. The van der Waals surface area contributed by atoms with Gasteiger partial charge in [-0.1, -0.05) is 29.8 Å². The summed E-state index contributed by atoms with van der Waals surface area (Å²) in [4.78, 5) is 7.71. The van der Waals surface area contributed by atoms with Gasteiger partial charge in [0.25, 0.3) is 0 Å². The van der Waals surface area contributed by atoms with Crippen LogP contribution in [0.4, 0.5) is 11.6 Å². The van der Waals surface area contributed by atoms with E-state index in [4.69, 9.17) is 5.73 Å². The van der Waals surface area contributed by atoms with Gasteiger partial charge >= 0.3 is 0 Å². The first-order chi connectivity index (χ1) is 9.70. The maximum absolute atomic E-state index is 5.76. The number of nitrogen functional groups attached to an aromatic ring is 1. The Bertz CT molecular complexity index is 730. The monoisotopic (exact) mass is 266 g/mol. The first-order valence-electron chi connectivity index (χ1n) is 6.75. The Hall–Kier alpha value is -2.49.